The van der Waals surface area contributed by atoms with Crippen LogP contribution in [0.15, 0.2) is 30.3 Å². The van der Waals surface area contributed by atoms with E-state index < -0.39 is 0 Å². The molecule has 0 aliphatic heterocycles. The van der Waals surface area contributed by atoms with Crippen molar-refractivity contribution in [2.75, 3.05) is 6.54 Å². The Bertz CT molecular complexity index is 307. The van der Waals surface area contributed by atoms with Crippen LogP contribution in [0, 0.1) is 5.92 Å². The zero-order chi connectivity index (χ0) is 13.9. The topological polar surface area (TPSA) is 12.0 Å². The van der Waals surface area contributed by atoms with E-state index in [4.69, 9.17) is 0 Å². The molecule has 108 valence electrons. The van der Waals surface area contributed by atoms with Crippen LogP contribution >= 0.6 is 0 Å². The number of hydrogen-bond donors (Lipinski definition) is 1. The fourth-order valence-corrected chi connectivity index (χ4v) is 2.74. The number of aryl methyl sites for hydroxylation is 1. The highest BCUT2D eigenvalue weighted by Crippen LogP contribution is 2.16. The van der Waals surface area contributed by atoms with Crippen molar-refractivity contribution in [1.29, 1.82) is 0 Å². The Morgan fingerprint density at radius 2 is 1.74 bits per heavy atom. The van der Waals surface area contributed by atoms with Gasteiger partial charge in [-0.15, -0.1) is 0 Å². The Morgan fingerprint density at radius 3 is 2.37 bits per heavy atom. The largest absolute Gasteiger partial charge is 0.314 e. The molecular formula is C18H31N. The number of rotatable bonds is 10. The molecule has 1 rings (SSSR count). The maximum atomic E-state index is 3.74. The average Bonchev–Trinajstić information content (AvgIpc) is 2.44. The predicted octanol–water partition coefficient (Wildman–Crippen LogP) is 4.81. The molecular weight excluding hydrogens is 230 g/mol. The lowest BCUT2D eigenvalue weighted by Crippen LogP contribution is -2.35. The molecule has 0 spiro atoms. The molecule has 1 aromatic rings. The van der Waals surface area contributed by atoms with Crippen LogP contribution in [0.4, 0.5) is 0 Å². The fourth-order valence-electron chi connectivity index (χ4n) is 2.74. The molecule has 1 nitrogen and oxygen atoms in total. The third-order valence-corrected chi connectivity index (χ3v) is 3.91. The summed E-state index contributed by atoms with van der Waals surface area (Å²) in [5.74, 6) is 0.798. The summed E-state index contributed by atoms with van der Waals surface area (Å²) in [7, 11) is 0. The van der Waals surface area contributed by atoms with Crippen LogP contribution in [0.3, 0.4) is 0 Å². The van der Waals surface area contributed by atoms with Crippen LogP contribution in [-0.4, -0.2) is 12.6 Å². The van der Waals surface area contributed by atoms with Crippen LogP contribution in [-0.2, 0) is 6.42 Å². The number of nitrogens with one attached hydrogen (secondary N) is 1. The minimum absolute atomic E-state index is 0.698. The minimum atomic E-state index is 0.698. The van der Waals surface area contributed by atoms with Gasteiger partial charge in [-0.05, 0) is 50.1 Å². The number of benzene rings is 1. The maximum absolute atomic E-state index is 3.74. The molecule has 0 aromatic heterocycles. The summed E-state index contributed by atoms with van der Waals surface area (Å²) in [5, 5.41) is 3.74. The molecule has 0 amide bonds. The normalized spacial score (nSPS) is 14.3. The minimum Gasteiger partial charge on any atom is -0.314 e. The molecule has 0 radical (unpaired) electrons. The second-order valence-electron chi connectivity index (χ2n) is 5.70. The molecule has 0 aliphatic rings. The third-order valence-electron chi connectivity index (χ3n) is 3.91. The van der Waals surface area contributed by atoms with Gasteiger partial charge in [-0.1, -0.05) is 57.5 Å². The van der Waals surface area contributed by atoms with Crippen LogP contribution in [0.25, 0.3) is 0 Å². The van der Waals surface area contributed by atoms with Crippen molar-refractivity contribution in [2.24, 2.45) is 5.92 Å². The van der Waals surface area contributed by atoms with Crippen LogP contribution in [0.5, 0.6) is 0 Å². The SMILES string of the molecule is CCCNC(CCCc1ccccc1)C(C)CCC. The molecule has 0 saturated carbocycles. The predicted molar refractivity (Wildman–Crippen MR) is 85.5 cm³/mol. The first-order valence-corrected chi connectivity index (χ1v) is 8.05. The van der Waals surface area contributed by atoms with Crippen molar-refractivity contribution in [2.45, 2.75) is 65.3 Å². The van der Waals surface area contributed by atoms with E-state index in [2.05, 4.69) is 56.4 Å². The maximum Gasteiger partial charge on any atom is 0.00927 e. The van der Waals surface area contributed by atoms with Gasteiger partial charge in [-0.25, -0.2) is 0 Å². The van der Waals surface area contributed by atoms with Gasteiger partial charge in [-0.2, -0.15) is 0 Å². The van der Waals surface area contributed by atoms with Gasteiger partial charge < -0.3 is 5.32 Å². The van der Waals surface area contributed by atoms with Crippen LogP contribution < -0.4 is 5.32 Å². The third kappa shape index (κ3) is 6.77. The lowest BCUT2D eigenvalue weighted by atomic mass is 9.92. The molecule has 1 aromatic carbocycles. The molecule has 2 unspecified atom stereocenters. The van der Waals surface area contributed by atoms with E-state index in [1.165, 1.54) is 44.1 Å². The summed E-state index contributed by atoms with van der Waals surface area (Å²) in [6, 6.07) is 11.6. The summed E-state index contributed by atoms with van der Waals surface area (Å²) >= 11 is 0. The van der Waals surface area contributed by atoms with Crippen molar-refractivity contribution in [3.63, 3.8) is 0 Å². The Labute approximate surface area is 119 Å². The van der Waals surface area contributed by atoms with Crippen molar-refractivity contribution >= 4 is 0 Å². The van der Waals surface area contributed by atoms with Gasteiger partial charge in [0.1, 0.15) is 0 Å². The molecule has 0 fully saturated rings. The zero-order valence-corrected chi connectivity index (χ0v) is 13.0. The summed E-state index contributed by atoms with van der Waals surface area (Å²) in [6.45, 7) is 8.10. The summed E-state index contributed by atoms with van der Waals surface area (Å²) in [5.41, 5.74) is 1.47. The lowest BCUT2D eigenvalue weighted by Gasteiger charge is -2.25. The molecule has 0 saturated heterocycles. The molecule has 1 N–H and O–H groups in total. The highest BCUT2D eigenvalue weighted by Gasteiger charge is 2.15. The second-order valence-corrected chi connectivity index (χ2v) is 5.70. The Hall–Kier alpha value is -0.820. The van der Waals surface area contributed by atoms with Gasteiger partial charge in [-0.3, -0.25) is 0 Å². The average molecular weight is 261 g/mol. The molecule has 0 aliphatic carbocycles. The Kier molecular flexibility index (Phi) is 8.57. The lowest BCUT2D eigenvalue weighted by molar-refractivity contribution is 0.331. The van der Waals surface area contributed by atoms with Crippen molar-refractivity contribution in [1.82, 2.24) is 5.32 Å². The molecule has 19 heavy (non-hydrogen) atoms. The van der Waals surface area contributed by atoms with Crippen molar-refractivity contribution in [3.05, 3.63) is 35.9 Å². The van der Waals surface area contributed by atoms with E-state index in [-0.39, 0.29) is 0 Å². The highest BCUT2D eigenvalue weighted by molar-refractivity contribution is 5.14. The van der Waals surface area contributed by atoms with E-state index in [1.807, 2.05) is 0 Å². The molecule has 0 heterocycles. The van der Waals surface area contributed by atoms with Crippen molar-refractivity contribution in [3.8, 4) is 0 Å². The quantitative estimate of drug-likeness (QED) is 0.637. The summed E-state index contributed by atoms with van der Waals surface area (Å²) in [4.78, 5) is 0. The summed E-state index contributed by atoms with van der Waals surface area (Å²) in [6.07, 6.45) is 7.67. The van der Waals surface area contributed by atoms with Crippen molar-refractivity contribution < 1.29 is 0 Å². The van der Waals surface area contributed by atoms with Gasteiger partial charge in [0.25, 0.3) is 0 Å². The van der Waals surface area contributed by atoms with E-state index in [0.717, 1.165) is 12.5 Å². The fraction of sp³-hybridized carbons (Fsp3) is 0.667. The monoisotopic (exact) mass is 261 g/mol. The van der Waals surface area contributed by atoms with Gasteiger partial charge >= 0.3 is 0 Å². The van der Waals surface area contributed by atoms with E-state index in [9.17, 15) is 0 Å². The highest BCUT2D eigenvalue weighted by atomic mass is 14.9. The molecule has 1 heteroatoms. The second kappa shape index (κ2) is 10.0. The van der Waals surface area contributed by atoms with Crippen LogP contribution in [0.1, 0.15) is 58.4 Å². The number of hydrogen-bond acceptors (Lipinski definition) is 1. The Morgan fingerprint density at radius 1 is 1.00 bits per heavy atom. The van der Waals surface area contributed by atoms with Gasteiger partial charge in [0.2, 0.25) is 0 Å². The van der Waals surface area contributed by atoms with Gasteiger partial charge in [0.05, 0.1) is 0 Å². The first kappa shape index (κ1) is 16.2. The van der Waals surface area contributed by atoms with Gasteiger partial charge in [0.15, 0.2) is 0 Å². The smallest absolute Gasteiger partial charge is 0.00927 e. The Balaban J connectivity index is 2.35. The van der Waals surface area contributed by atoms with Crippen LogP contribution in [0.2, 0.25) is 0 Å². The molecule has 0 bridgehead atoms. The van der Waals surface area contributed by atoms with Gasteiger partial charge in [0, 0.05) is 6.04 Å². The zero-order valence-electron chi connectivity index (χ0n) is 13.0. The van der Waals surface area contributed by atoms with E-state index in [1.54, 1.807) is 0 Å². The molecule has 2 atom stereocenters. The van der Waals surface area contributed by atoms with E-state index >= 15 is 0 Å². The first-order chi connectivity index (χ1) is 9.27. The first-order valence-electron chi connectivity index (χ1n) is 8.05. The standard InChI is InChI=1S/C18H31N/c1-4-10-16(3)18(19-15-5-2)14-9-13-17-11-7-6-8-12-17/h6-8,11-12,16,18-19H,4-5,9-10,13-15H2,1-3H3. The summed E-state index contributed by atoms with van der Waals surface area (Å²) < 4.78 is 0. The van der Waals surface area contributed by atoms with E-state index in [0.29, 0.717) is 6.04 Å².